The minimum absolute atomic E-state index is 0.0260. The summed E-state index contributed by atoms with van der Waals surface area (Å²) in [7, 11) is 0. The van der Waals surface area contributed by atoms with Gasteiger partial charge in [0.05, 0.1) is 0 Å². The minimum Gasteiger partial charge on any atom is -0.290 e. The van der Waals surface area contributed by atoms with E-state index in [1.807, 2.05) is 13.0 Å². The zero-order valence-electron chi connectivity index (χ0n) is 11.0. The molecule has 0 heterocycles. The Hall–Kier alpha value is -1.70. The normalized spacial score (nSPS) is 31.3. The second-order valence-corrected chi connectivity index (χ2v) is 5.51. The Balaban J connectivity index is 2.50. The Morgan fingerprint density at radius 1 is 1.33 bits per heavy atom. The van der Waals surface area contributed by atoms with Crippen LogP contribution in [0.3, 0.4) is 0 Å². The molecule has 2 heteroatoms. The van der Waals surface area contributed by atoms with E-state index in [9.17, 15) is 9.59 Å². The van der Waals surface area contributed by atoms with Gasteiger partial charge in [0, 0.05) is 11.1 Å². The Labute approximate surface area is 108 Å². The van der Waals surface area contributed by atoms with Crippen molar-refractivity contribution in [3.8, 4) is 0 Å². The van der Waals surface area contributed by atoms with Crippen molar-refractivity contribution in [3.05, 3.63) is 48.1 Å². The lowest BCUT2D eigenvalue weighted by atomic mass is 9.61. The maximum atomic E-state index is 11.9. The molecule has 18 heavy (non-hydrogen) atoms. The molecule has 0 radical (unpaired) electrons. The van der Waals surface area contributed by atoms with Gasteiger partial charge < -0.3 is 0 Å². The van der Waals surface area contributed by atoms with Gasteiger partial charge in [-0.05, 0) is 43.3 Å². The standard InChI is InChI=1S/C16H18O2/c1-5-16(4)9-12-11(8-13(16)10(2)3)14(17)6-7-15(12)18/h5-7,13H,1-2,8-9H2,3-4H3/t13-,16-/m0/s1. The van der Waals surface area contributed by atoms with Gasteiger partial charge in [-0.15, -0.1) is 6.58 Å². The third-order valence-electron chi connectivity index (χ3n) is 4.17. The van der Waals surface area contributed by atoms with Crippen molar-refractivity contribution in [1.82, 2.24) is 0 Å². The summed E-state index contributed by atoms with van der Waals surface area (Å²) in [4.78, 5) is 23.8. The van der Waals surface area contributed by atoms with E-state index in [4.69, 9.17) is 0 Å². The monoisotopic (exact) mass is 242 g/mol. The topological polar surface area (TPSA) is 34.1 Å². The number of hydrogen-bond donors (Lipinski definition) is 0. The van der Waals surface area contributed by atoms with Gasteiger partial charge >= 0.3 is 0 Å². The van der Waals surface area contributed by atoms with Crippen LogP contribution in [-0.2, 0) is 9.59 Å². The van der Waals surface area contributed by atoms with Gasteiger partial charge in [0.15, 0.2) is 11.6 Å². The number of allylic oxidation sites excluding steroid dienone is 6. The highest BCUT2D eigenvalue weighted by Gasteiger charge is 2.41. The van der Waals surface area contributed by atoms with Crippen LogP contribution in [0.5, 0.6) is 0 Å². The SMILES string of the molecule is C=C[C@@]1(C)CC2=C(C[C@H]1C(=C)C)C(=O)C=CC2=O. The fraction of sp³-hybridized carbons (Fsp3) is 0.375. The summed E-state index contributed by atoms with van der Waals surface area (Å²) in [5.74, 6) is 0.122. The molecular weight excluding hydrogens is 224 g/mol. The third kappa shape index (κ3) is 1.82. The number of carbonyl (C=O) groups excluding carboxylic acids is 2. The second kappa shape index (κ2) is 4.20. The molecule has 2 nitrogen and oxygen atoms in total. The number of carbonyl (C=O) groups is 2. The Morgan fingerprint density at radius 2 is 1.89 bits per heavy atom. The van der Waals surface area contributed by atoms with E-state index < -0.39 is 0 Å². The molecule has 0 fully saturated rings. The maximum Gasteiger partial charge on any atom is 0.182 e. The van der Waals surface area contributed by atoms with Crippen LogP contribution in [0.15, 0.2) is 48.1 Å². The summed E-state index contributed by atoms with van der Waals surface area (Å²) in [6.45, 7) is 12.0. The smallest absolute Gasteiger partial charge is 0.182 e. The van der Waals surface area contributed by atoms with E-state index in [2.05, 4.69) is 20.1 Å². The van der Waals surface area contributed by atoms with Gasteiger partial charge in [0.2, 0.25) is 0 Å². The summed E-state index contributed by atoms with van der Waals surface area (Å²) in [5.41, 5.74) is 2.20. The zero-order valence-corrected chi connectivity index (χ0v) is 11.0. The third-order valence-corrected chi connectivity index (χ3v) is 4.17. The summed E-state index contributed by atoms with van der Waals surface area (Å²) >= 11 is 0. The van der Waals surface area contributed by atoms with Crippen LogP contribution in [0, 0.1) is 11.3 Å². The van der Waals surface area contributed by atoms with Crippen molar-refractivity contribution < 1.29 is 9.59 Å². The first kappa shape index (κ1) is 12.7. The molecule has 0 N–H and O–H groups in total. The van der Waals surface area contributed by atoms with E-state index in [-0.39, 0.29) is 22.9 Å². The summed E-state index contributed by atoms with van der Waals surface area (Å²) < 4.78 is 0. The van der Waals surface area contributed by atoms with Gasteiger partial charge in [0.1, 0.15) is 0 Å². The summed E-state index contributed by atoms with van der Waals surface area (Å²) in [5, 5.41) is 0. The van der Waals surface area contributed by atoms with Crippen LogP contribution in [0.2, 0.25) is 0 Å². The van der Waals surface area contributed by atoms with E-state index >= 15 is 0 Å². The average molecular weight is 242 g/mol. The Morgan fingerprint density at radius 3 is 2.39 bits per heavy atom. The van der Waals surface area contributed by atoms with Gasteiger partial charge in [-0.25, -0.2) is 0 Å². The molecule has 0 aliphatic heterocycles. The number of rotatable bonds is 2. The second-order valence-electron chi connectivity index (χ2n) is 5.51. The highest BCUT2D eigenvalue weighted by molar-refractivity contribution is 6.20. The first-order valence-corrected chi connectivity index (χ1v) is 6.17. The molecule has 0 aromatic rings. The van der Waals surface area contributed by atoms with Crippen molar-refractivity contribution >= 4 is 11.6 Å². The molecule has 0 spiro atoms. The molecule has 0 aromatic carbocycles. The molecule has 94 valence electrons. The predicted molar refractivity (Wildman–Crippen MR) is 72.0 cm³/mol. The summed E-state index contributed by atoms with van der Waals surface area (Å²) in [6, 6.07) is 0. The van der Waals surface area contributed by atoms with Crippen LogP contribution in [-0.4, -0.2) is 11.6 Å². The molecule has 2 atom stereocenters. The lowest BCUT2D eigenvalue weighted by molar-refractivity contribution is -0.116. The van der Waals surface area contributed by atoms with Crippen molar-refractivity contribution in [3.63, 3.8) is 0 Å². The number of hydrogen-bond acceptors (Lipinski definition) is 2. The van der Waals surface area contributed by atoms with Crippen molar-refractivity contribution in [2.24, 2.45) is 11.3 Å². The molecule has 0 amide bonds. The van der Waals surface area contributed by atoms with Crippen LogP contribution in [0.1, 0.15) is 26.7 Å². The predicted octanol–water partition coefficient (Wildman–Crippen LogP) is 3.17. The quantitative estimate of drug-likeness (QED) is 0.550. The van der Waals surface area contributed by atoms with Crippen LogP contribution < -0.4 is 0 Å². The van der Waals surface area contributed by atoms with Crippen molar-refractivity contribution in [1.29, 1.82) is 0 Å². The van der Waals surface area contributed by atoms with Gasteiger partial charge in [-0.2, -0.15) is 0 Å². The lowest BCUT2D eigenvalue weighted by Gasteiger charge is -2.41. The van der Waals surface area contributed by atoms with Crippen molar-refractivity contribution in [2.45, 2.75) is 26.7 Å². The molecular formula is C16H18O2. The molecule has 2 aliphatic rings. The maximum absolute atomic E-state index is 11.9. The van der Waals surface area contributed by atoms with Crippen LogP contribution in [0.25, 0.3) is 0 Å². The minimum atomic E-state index is -0.189. The van der Waals surface area contributed by atoms with Gasteiger partial charge in [-0.3, -0.25) is 9.59 Å². The zero-order chi connectivity index (χ0) is 13.5. The van der Waals surface area contributed by atoms with E-state index in [1.54, 1.807) is 0 Å². The van der Waals surface area contributed by atoms with Crippen LogP contribution in [0.4, 0.5) is 0 Å². The Bertz CT molecular complexity index is 519. The van der Waals surface area contributed by atoms with Gasteiger partial charge in [0.25, 0.3) is 0 Å². The molecule has 0 saturated heterocycles. The Kier molecular flexibility index (Phi) is 2.97. The van der Waals surface area contributed by atoms with Crippen molar-refractivity contribution in [2.75, 3.05) is 0 Å². The molecule has 2 aliphatic carbocycles. The molecule has 2 rings (SSSR count). The highest BCUT2D eigenvalue weighted by atomic mass is 16.1. The van der Waals surface area contributed by atoms with E-state index in [0.717, 1.165) is 5.57 Å². The van der Waals surface area contributed by atoms with E-state index in [1.165, 1.54) is 12.2 Å². The molecule has 0 saturated carbocycles. The largest absolute Gasteiger partial charge is 0.290 e. The first-order chi connectivity index (χ1) is 8.39. The molecule has 0 aromatic heterocycles. The molecule has 0 unspecified atom stereocenters. The lowest BCUT2D eigenvalue weighted by Crippen LogP contribution is -2.35. The highest BCUT2D eigenvalue weighted by Crippen LogP contribution is 2.48. The average Bonchev–Trinajstić information content (AvgIpc) is 2.33. The summed E-state index contributed by atoms with van der Waals surface area (Å²) in [6.07, 6.45) is 5.84. The first-order valence-electron chi connectivity index (χ1n) is 6.17. The number of ketones is 2. The molecule has 0 bridgehead atoms. The van der Waals surface area contributed by atoms with Gasteiger partial charge in [-0.1, -0.05) is 25.2 Å². The fourth-order valence-corrected chi connectivity index (χ4v) is 2.96. The fourth-order valence-electron chi connectivity index (χ4n) is 2.96. The van der Waals surface area contributed by atoms with E-state index in [0.29, 0.717) is 24.0 Å². The van der Waals surface area contributed by atoms with Crippen LogP contribution >= 0.6 is 0 Å².